The van der Waals surface area contributed by atoms with Crippen LogP contribution in [0.25, 0.3) is 0 Å². The molecule has 1 aromatic rings. The van der Waals surface area contributed by atoms with Gasteiger partial charge in [0, 0.05) is 25.8 Å². The maximum absolute atomic E-state index is 13.6. The predicted octanol–water partition coefficient (Wildman–Crippen LogP) is 2.32. The van der Waals surface area contributed by atoms with Crippen molar-refractivity contribution in [1.82, 2.24) is 4.90 Å². The van der Waals surface area contributed by atoms with Crippen LogP contribution in [0.1, 0.15) is 31.2 Å². The average Bonchev–Trinajstić information content (AvgIpc) is 2.97. The van der Waals surface area contributed by atoms with E-state index in [9.17, 15) is 22.0 Å². The summed E-state index contributed by atoms with van der Waals surface area (Å²) in [6.45, 7) is 0. The van der Waals surface area contributed by atoms with Crippen LogP contribution in [0, 0.1) is 11.6 Å². The van der Waals surface area contributed by atoms with E-state index in [4.69, 9.17) is 0 Å². The molecule has 0 aliphatic heterocycles. The third kappa shape index (κ3) is 4.07. The summed E-state index contributed by atoms with van der Waals surface area (Å²) in [5, 5.41) is -0.539. The minimum Gasteiger partial charge on any atom is -0.341 e. The number of benzene rings is 1. The Morgan fingerprint density at radius 3 is 2.65 bits per heavy atom. The molecule has 128 valence electrons. The number of hydrogen-bond acceptors (Lipinski definition) is 3. The van der Waals surface area contributed by atoms with Crippen LogP contribution in [0.3, 0.4) is 0 Å². The Hall–Kier alpha value is -1.50. The highest BCUT2D eigenvalue weighted by molar-refractivity contribution is 7.91. The maximum atomic E-state index is 13.6. The van der Waals surface area contributed by atoms with Crippen molar-refractivity contribution in [2.45, 2.75) is 43.4 Å². The number of rotatable bonds is 5. The van der Waals surface area contributed by atoms with Gasteiger partial charge in [-0.1, -0.05) is 12.1 Å². The Bertz CT molecular complexity index is 691. The molecule has 1 aliphatic rings. The fourth-order valence-corrected chi connectivity index (χ4v) is 4.68. The molecular formula is C16H21F2NO3S. The van der Waals surface area contributed by atoms with Crippen molar-refractivity contribution in [3.8, 4) is 0 Å². The van der Waals surface area contributed by atoms with Crippen LogP contribution >= 0.6 is 0 Å². The summed E-state index contributed by atoms with van der Waals surface area (Å²) >= 11 is 0. The van der Waals surface area contributed by atoms with Crippen LogP contribution in [-0.2, 0) is 21.1 Å². The smallest absolute Gasteiger partial charge is 0.222 e. The number of sulfone groups is 1. The second kappa shape index (κ2) is 6.95. The van der Waals surface area contributed by atoms with E-state index in [1.54, 1.807) is 7.05 Å². The van der Waals surface area contributed by atoms with Crippen LogP contribution in [0.2, 0.25) is 0 Å². The lowest BCUT2D eigenvalue weighted by Gasteiger charge is -2.29. The first kappa shape index (κ1) is 17.8. The van der Waals surface area contributed by atoms with E-state index in [1.165, 1.54) is 23.3 Å². The molecule has 0 radical (unpaired) electrons. The molecule has 2 atom stereocenters. The molecule has 23 heavy (non-hydrogen) atoms. The molecule has 0 heterocycles. The zero-order valence-corrected chi connectivity index (χ0v) is 14.1. The summed E-state index contributed by atoms with van der Waals surface area (Å²) in [4.78, 5) is 13.7. The number of amides is 1. The molecule has 0 aromatic heterocycles. The van der Waals surface area contributed by atoms with Crippen LogP contribution in [0.4, 0.5) is 8.78 Å². The summed E-state index contributed by atoms with van der Waals surface area (Å²) in [5.74, 6) is -2.12. The monoisotopic (exact) mass is 345 g/mol. The summed E-state index contributed by atoms with van der Waals surface area (Å²) < 4.78 is 50.4. The SMILES string of the molecule is CN(C(=O)CCc1cccc(F)c1F)[C@H]1CCC[C@@H]1S(C)(=O)=O. The lowest BCUT2D eigenvalue weighted by atomic mass is 10.1. The Morgan fingerprint density at radius 2 is 2.00 bits per heavy atom. The minimum atomic E-state index is -3.21. The van der Waals surface area contributed by atoms with Crippen molar-refractivity contribution in [1.29, 1.82) is 0 Å². The van der Waals surface area contributed by atoms with Gasteiger partial charge in [-0.25, -0.2) is 17.2 Å². The zero-order valence-electron chi connectivity index (χ0n) is 13.3. The van der Waals surface area contributed by atoms with Crippen LogP contribution in [0.15, 0.2) is 18.2 Å². The fourth-order valence-electron chi connectivity index (χ4n) is 3.19. The molecule has 0 unspecified atom stereocenters. The largest absolute Gasteiger partial charge is 0.341 e. The van der Waals surface area contributed by atoms with Gasteiger partial charge in [-0.15, -0.1) is 0 Å². The van der Waals surface area contributed by atoms with E-state index in [0.717, 1.165) is 12.5 Å². The highest BCUT2D eigenvalue weighted by atomic mass is 32.2. The standard InChI is InChI=1S/C16H21F2NO3S/c1-19(13-7-4-8-14(13)23(2,21)22)15(20)10-9-11-5-3-6-12(17)16(11)18/h3,5-6,13-14H,4,7-10H2,1-2H3/t13-,14-/m0/s1. The van der Waals surface area contributed by atoms with Gasteiger partial charge in [0.2, 0.25) is 5.91 Å². The van der Waals surface area contributed by atoms with Gasteiger partial charge in [0.1, 0.15) is 0 Å². The lowest BCUT2D eigenvalue weighted by molar-refractivity contribution is -0.131. The Balaban J connectivity index is 2.01. The predicted molar refractivity (Wildman–Crippen MR) is 83.7 cm³/mol. The van der Waals surface area contributed by atoms with Gasteiger partial charge in [0.05, 0.1) is 5.25 Å². The van der Waals surface area contributed by atoms with E-state index in [2.05, 4.69) is 0 Å². The second-order valence-electron chi connectivity index (χ2n) is 6.08. The quantitative estimate of drug-likeness (QED) is 0.823. The summed E-state index contributed by atoms with van der Waals surface area (Å²) in [5.41, 5.74) is 0.151. The molecule has 1 aliphatic carbocycles. The van der Waals surface area contributed by atoms with Crippen LogP contribution in [-0.4, -0.2) is 43.8 Å². The van der Waals surface area contributed by atoms with E-state index in [0.29, 0.717) is 12.8 Å². The molecular weight excluding hydrogens is 324 g/mol. The van der Waals surface area contributed by atoms with Gasteiger partial charge in [-0.05, 0) is 37.3 Å². The van der Waals surface area contributed by atoms with Crippen molar-refractivity contribution in [2.75, 3.05) is 13.3 Å². The third-order valence-corrected chi connectivity index (χ3v) is 6.15. The van der Waals surface area contributed by atoms with E-state index in [1.807, 2.05) is 0 Å². The van der Waals surface area contributed by atoms with Gasteiger partial charge < -0.3 is 4.90 Å². The van der Waals surface area contributed by atoms with Gasteiger partial charge in [0.25, 0.3) is 0 Å². The molecule has 1 aromatic carbocycles. The summed E-state index contributed by atoms with van der Waals surface area (Å²) in [6.07, 6.45) is 3.26. The van der Waals surface area contributed by atoms with E-state index in [-0.39, 0.29) is 30.4 Å². The topological polar surface area (TPSA) is 54.5 Å². The van der Waals surface area contributed by atoms with Crippen molar-refractivity contribution in [2.24, 2.45) is 0 Å². The summed E-state index contributed by atoms with van der Waals surface area (Å²) in [6, 6.07) is 3.54. The molecule has 1 amide bonds. The van der Waals surface area contributed by atoms with E-state index < -0.39 is 26.7 Å². The molecule has 1 fully saturated rings. The Morgan fingerprint density at radius 1 is 1.30 bits per heavy atom. The van der Waals surface area contributed by atoms with Crippen molar-refractivity contribution < 1.29 is 22.0 Å². The number of carbonyl (C=O) groups is 1. The Labute approximate surface area is 135 Å². The van der Waals surface area contributed by atoms with E-state index >= 15 is 0 Å². The molecule has 0 N–H and O–H groups in total. The Kier molecular flexibility index (Phi) is 5.39. The first-order valence-electron chi connectivity index (χ1n) is 7.59. The number of nitrogens with zero attached hydrogens (tertiary/aromatic N) is 1. The normalized spacial score (nSPS) is 21.4. The van der Waals surface area contributed by atoms with Gasteiger partial charge >= 0.3 is 0 Å². The molecule has 2 rings (SSSR count). The first-order valence-corrected chi connectivity index (χ1v) is 9.54. The second-order valence-corrected chi connectivity index (χ2v) is 8.35. The van der Waals surface area contributed by atoms with Crippen molar-refractivity contribution >= 4 is 15.7 Å². The molecule has 4 nitrogen and oxygen atoms in total. The molecule has 0 spiro atoms. The van der Waals surface area contributed by atoms with Crippen molar-refractivity contribution in [3.63, 3.8) is 0 Å². The van der Waals surface area contributed by atoms with Gasteiger partial charge in [-0.2, -0.15) is 0 Å². The molecule has 1 saturated carbocycles. The number of aryl methyl sites for hydroxylation is 1. The third-order valence-electron chi connectivity index (χ3n) is 4.50. The molecule has 7 heteroatoms. The lowest BCUT2D eigenvalue weighted by Crippen LogP contribution is -2.44. The zero-order chi connectivity index (χ0) is 17.2. The van der Waals surface area contributed by atoms with Gasteiger partial charge in [-0.3, -0.25) is 4.79 Å². The summed E-state index contributed by atoms with van der Waals surface area (Å²) in [7, 11) is -1.63. The number of halogens is 2. The van der Waals surface area contributed by atoms with Gasteiger partial charge in [0.15, 0.2) is 21.5 Å². The van der Waals surface area contributed by atoms with Crippen molar-refractivity contribution in [3.05, 3.63) is 35.4 Å². The molecule has 0 saturated heterocycles. The average molecular weight is 345 g/mol. The highest BCUT2D eigenvalue weighted by Gasteiger charge is 2.38. The van der Waals surface area contributed by atoms with Crippen LogP contribution < -0.4 is 0 Å². The maximum Gasteiger partial charge on any atom is 0.222 e. The number of carbonyl (C=O) groups excluding carboxylic acids is 1. The first-order chi connectivity index (χ1) is 10.7. The molecule has 0 bridgehead atoms. The highest BCUT2D eigenvalue weighted by Crippen LogP contribution is 2.29. The number of hydrogen-bond donors (Lipinski definition) is 0. The van der Waals surface area contributed by atoms with Crippen LogP contribution in [0.5, 0.6) is 0 Å². The minimum absolute atomic E-state index is 0.0177. The fraction of sp³-hybridized carbons (Fsp3) is 0.562.